The van der Waals surface area contributed by atoms with Gasteiger partial charge in [0.25, 0.3) is 11.6 Å². The minimum atomic E-state index is -0.466. The Bertz CT molecular complexity index is 1000. The maximum absolute atomic E-state index is 12.4. The van der Waals surface area contributed by atoms with Crippen LogP contribution in [-0.4, -0.2) is 24.4 Å². The number of likely N-dealkylation sites (N-methyl/N-ethyl adjacent to an activating group) is 1. The van der Waals surface area contributed by atoms with Gasteiger partial charge in [0.2, 0.25) is 0 Å². The lowest BCUT2D eigenvalue weighted by atomic mass is 10.1. The second kappa shape index (κ2) is 7.97. The molecule has 2 N–H and O–H groups in total. The number of benzene rings is 3. The van der Waals surface area contributed by atoms with E-state index < -0.39 is 4.92 Å². The van der Waals surface area contributed by atoms with Crippen LogP contribution >= 0.6 is 0 Å². The molecule has 27 heavy (non-hydrogen) atoms. The van der Waals surface area contributed by atoms with Crippen molar-refractivity contribution in [1.29, 1.82) is 0 Å². The van der Waals surface area contributed by atoms with Crippen molar-refractivity contribution in [1.82, 2.24) is 0 Å². The Kier molecular flexibility index (Phi) is 5.47. The minimum Gasteiger partial charge on any atom is -0.326 e. The third-order valence-corrected chi connectivity index (χ3v) is 4.49. The van der Waals surface area contributed by atoms with Gasteiger partial charge >= 0.3 is 0 Å². The molecule has 0 heterocycles. The van der Waals surface area contributed by atoms with E-state index >= 15 is 0 Å². The van der Waals surface area contributed by atoms with Gasteiger partial charge in [0.15, 0.2) is 6.54 Å². The number of carbonyl (C=O) groups excluding carboxylic acids is 1. The molecule has 6 heteroatoms. The molecule has 0 aromatic heterocycles. The Labute approximate surface area is 157 Å². The number of non-ortho nitro benzene ring substituents is 1. The fourth-order valence-electron chi connectivity index (χ4n) is 3.09. The van der Waals surface area contributed by atoms with Crippen molar-refractivity contribution in [3.8, 4) is 0 Å². The Balaban J connectivity index is 1.63. The molecule has 0 spiro atoms. The number of nitro groups is 1. The molecule has 1 amide bonds. The summed E-state index contributed by atoms with van der Waals surface area (Å²) < 4.78 is 0. The van der Waals surface area contributed by atoms with Crippen LogP contribution in [0.2, 0.25) is 0 Å². The van der Waals surface area contributed by atoms with E-state index in [4.69, 9.17) is 0 Å². The molecule has 6 nitrogen and oxygen atoms in total. The molecule has 138 valence electrons. The van der Waals surface area contributed by atoms with Crippen LogP contribution in [0.25, 0.3) is 10.8 Å². The number of quaternary nitrogens is 1. The molecule has 0 aliphatic rings. The molecule has 0 radical (unpaired) electrons. The van der Waals surface area contributed by atoms with Crippen molar-refractivity contribution in [2.45, 2.75) is 13.5 Å². The number of nitrogens with zero attached hydrogens (tertiary/aromatic N) is 1. The van der Waals surface area contributed by atoms with Gasteiger partial charge in [0.05, 0.1) is 17.7 Å². The number of aryl methyl sites for hydroxylation is 1. The lowest BCUT2D eigenvalue weighted by molar-refractivity contribution is -0.885. The van der Waals surface area contributed by atoms with Crippen molar-refractivity contribution in [3.63, 3.8) is 0 Å². The number of rotatable bonds is 6. The van der Waals surface area contributed by atoms with Crippen molar-refractivity contribution in [3.05, 3.63) is 81.9 Å². The first-order valence-corrected chi connectivity index (χ1v) is 8.76. The van der Waals surface area contributed by atoms with Gasteiger partial charge in [-0.1, -0.05) is 42.5 Å². The van der Waals surface area contributed by atoms with Crippen LogP contribution in [0, 0.1) is 17.0 Å². The molecule has 0 bridgehead atoms. The van der Waals surface area contributed by atoms with Gasteiger partial charge < -0.3 is 10.2 Å². The minimum absolute atomic E-state index is 0.0345. The average molecular weight is 364 g/mol. The highest BCUT2D eigenvalue weighted by molar-refractivity contribution is 5.92. The highest BCUT2D eigenvalue weighted by atomic mass is 16.6. The van der Waals surface area contributed by atoms with Crippen LogP contribution in [0.1, 0.15) is 11.1 Å². The molecule has 3 aromatic rings. The molecule has 0 saturated heterocycles. The Morgan fingerprint density at radius 1 is 1.07 bits per heavy atom. The van der Waals surface area contributed by atoms with Crippen LogP contribution in [0.3, 0.4) is 0 Å². The second-order valence-corrected chi connectivity index (χ2v) is 6.80. The summed E-state index contributed by atoms with van der Waals surface area (Å²) in [7, 11) is 1.95. The van der Waals surface area contributed by atoms with Gasteiger partial charge in [0, 0.05) is 17.7 Å². The maximum atomic E-state index is 12.4. The quantitative estimate of drug-likeness (QED) is 0.522. The van der Waals surface area contributed by atoms with Crippen LogP contribution in [0.15, 0.2) is 60.7 Å². The third-order valence-electron chi connectivity index (χ3n) is 4.49. The van der Waals surface area contributed by atoms with E-state index in [1.165, 1.54) is 22.9 Å². The molecule has 1 unspecified atom stereocenters. The standard InChI is InChI=1S/C21H21N3O3/c1-15-7-10-19(24(26)27)12-20(15)22-21(25)14-23(2)13-16-8-9-17-5-3-4-6-18(17)11-16/h3-12H,13-14H2,1-2H3,(H,22,25)/p+1. The molecule has 1 atom stereocenters. The van der Waals surface area contributed by atoms with Crippen molar-refractivity contribution < 1.29 is 14.6 Å². The highest BCUT2D eigenvalue weighted by Gasteiger charge is 2.14. The predicted octanol–water partition coefficient (Wildman–Crippen LogP) is 2.71. The lowest BCUT2D eigenvalue weighted by Crippen LogP contribution is -3.08. The molecule has 3 aromatic carbocycles. The average Bonchev–Trinajstić information content (AvgIpc) is 2.63. The highest BCUT2D eigenvalue weighted by Crippen LogP contribution is 2.21. The summed E-state index contributed by atoms with van der Waals surface area (Å²) >= 11 is 0. The van der Waals surface area contributed by atoms with Gasteiger partial charge in [-0.15, -0.1) is 0 Å². The van der Waals surface area contributed by atoms with Crippen LogP contribution in [0.4, 0.5) is 11.4 Å². The number of anilines is 1. The van der Waals surface area contributed by atoms with Crippen LogP contribution in [0.5, 0.6) is 0 Å². The fourth-order valence-corrected chi connectivity index (χ4v) is 3.09. The summed E-state index contributed by atoms with van der Waals surface area (Å²) in [5.74, 6) is -0.170. The van der Waals surface area contributed by atoms with Crippen molar-refractivity contribution in [2.75, 3.05) is 18.9 Å². The first-order chi connectivity index (χ1) is 12.9. The number of hydrogen-bond donors (Lipinski definition) is 2. The van der Waals surface area contributed by atoms with E-state index in [-0.39, 0.29) is 18.1 Å². The topological polar surface area (TPSA) is 76.7 Å². The van der Waals surface area contributed by atoms with E-state index in [2.05, 4.69) is 35.6 Å². The number of nitrogens with one attached hydrogen (secondary N) is 2. The zero-order chi connectivity index (χ0) is 19.4. The third kappa shape index (κ3) is 4.68. The lowest BCUT2D eigenvalue weighted by Gasteiger charge is -2.15. The molecular formula is C21H22N3O3+. The predicted molar refractivity (Wildman–Crippen MR) is 106 cm³/mol. The zero-order valence-electron chi connectivity index (χ0n) is 15.4. The largest absolute Gasteiger partial charge is 0.326 e. The SMILES string of the molecule is Cc1ccc([N+](=O)[O-])cc1NC(=O)C[NH+](C)Cc1ccc2ccccc2c1. The van der Waals surface area contributed by atoms with Gasteiger partial charge in [-0.2, -0.15) is 0 Å². The maximum Gasteiger partial charge on any atom is 0.279 e. The number of amides is 1. The molecule has 0 aliphatic heterocycles. The molecule has 0 fully saturated rings. The monoisotopic (exact) mass is 364 g/mol. The van der Waals surface area contributed by atoms with E-state index in [1.807, 2.05) is 26.1 Å². The smallest absolute Gasteiger partial charge is 0.279 e. The summed E-state index contributed by atoms with van der Waals surface area (Å²) in [6.07, 6.45) is 0. The molecular weight excluding hydrogens is 342 g/mol. The normalized spacial score (nSPS) is 11.9. The van der Waals surface area contributed by atoms with E-state index in [0.29, 0.717) is 12.2 Å². The number of hydrogen-bond acceptors (Lipinski definition) is 3. The number of carbonyl (C=O) groups is 1. The fraction of sp³-hybridized carbons (Fsp3) is 0.190. The molecule has 0 saturated carbocycles. The number of nitro benzene ring substituents is 1. The summed E-state index contributed by atoms with van der Waals surface area (Å²) in [5.41, 5.74) is 2.40. The molecule has 3 rings (SSSR count). The second-order valence-electron chi connectivity index (χ2n) is 6.80. The van der Waals surface area contributed by atoms with Crippen LogP contribution in [-0.2, 0) is 11.3 Å². The Morgan fingerprint density at radius 2 is 1.81 bits per heavy atom. The zero-order valence-corrected chi connectivity index (χ0v) is 15.4. The first kappa shape index (κ1) is 18.5. The summed E-state index contributed by atoms with van der Waals surface area (Å²) in [4.78, 5) is 23.8. The van der Waals surface area contributed by atoms with Crippen molar-refractivity contribution in [2.24, 2.45) is 0 Å². The van der Waals surface area contributed by atoms with E-state index in [9.17, 15) is 14.9 Å². The van der Waals surface area contributed by atoms with Crippen LogP contribution < -0.4 is 10.2 Å². The summed E-state index contributed by atoms with van der Waals surface area (Å²) in [6, 6.07) is 18.9. The summed E-state index contributed by atoms with van der Waals surface area (Å²) in [5, 5.41) is 16.1. The van der Waals surface area contributed by atoms with Gasteiger partial charge in [-0.05, 0) is 29.3 Å². The number of fused-ring (bicyclic) bond motifs is 1. The van der Waals surface area contributed by atoms with Gasteiger partial charge in [-0.3, -0.25) is 14.9 Å². The van der Waals surface area contributed by atoms with E-state index in [1.54, 1.807) is 6.07 Å². The van der Waals surface area contributed by atoms with Gasteiger partial charge in [0.1, 0.15) is 6.54 Å². The summed E-state index contributed by atoms with van der Waals surface area (Å²) in [6.45, 7) is 2.80. The molecule has 0 aliphatic carbocycles. The van der Waals surface area contributed by atoms with Crippen molar-refractivity contribution >= 4 is 28.1 Å². The Hall–Kier alpha value is -3.25. The first-order valence-electron chi connectivity index (χ1n) is 8.76. The van der Waals surface area contributed by atoms with Gasteiger partial charge in [-0.25, -0.2) is 0 Å². The Morgan fingerprint density at radius 3 is 2.56 bits per heavy atom. The van der Waals surface area contributed by atoms with E-state index in [0.717, 1.165) is 16.0 Å².